The molecule has 2 amide bonds. The van der Waals surface area contributed by atoms with Crippen molar-refractivity contribution in [2.24, 2.45) is 0 Å². The first-order valence-electron chi connectivity index (χ1n) is 9.03. The molecule has 0 fully saturated rings. The number of hydrogen-bond donors (Lipinski definition) is 1. The second kappa shape index (κ2) is 8.51. The third-order valence-electron chi connectivity index (χ3n) is 4.50. The van der Waals surface area contributed by atoms with E-state index in [1.54, 1.807) is 37.3 Å². The van der Waals surface area contributed by atoms with Gasteiger partial charge in [0.2, 0.25) is 0 Å². The molecular weight excluding hydrogens is 378 g/mol. The second-order valence-corrected chi connectivity index (χ2v) is 6.34. The molecule has 0 bridgehead atoms. The van der Waals surface area contributed by atoms with Gasteiger partial charge in [0.1, 0.15) is 6.04 Å². The predicted molar refractivity (Wildman–Crippen MR) is 103 cm³/mol. The number of ether oxygens (including phenoxy) is 1. The fourth-order valence-corrected chi connectivity index (χ4v) is 3.19. The van der Waals surface area contributed by atoms with Crippen LogP contribution in [0.25, 0.3) is 0 Å². The Balaban J connectivity index is 2.04. The molecular formula is C20H19N3O6. The predicted octanol–water partition coefficient (Wildman–Crippen LogP) is 2.68. The summed E-state index contributed by atoms with van der Waals surface area (Å²) in [6, 6.07) is 11.3. The number of anilines is 1. The Kier molecular flexibility index (Phi) is 5.87. The minimum atomic E-state index is -0.996. The Bertz CT molecular complexity index is 960. The van der Waals surface area contributed by atoms with Gasteiger partial charge in [0.05, 0.1) is 29.2 Å². The molecule has 1 heterocycles. The van der Waals surface area contributed by atoms with E-state index in [-0.39, 0.29) is 36.5 Å². The van der Waals surface area contributed by atoms with E-state index in [9.17, 15) is 24.5 Å². The Morgan fingerprint density at radius 1 is 1.21 bits per heavy atom. The van der Waals surface area contributed by atoms with Crippen LogP contribution in [-0.4, -0.2) is 40.8 Å². The SMILES string of the molecule is CCOC(=O)CCN1C(=O)c2cc([N+](=O)[O-])ccc2NC(=O)C1c1ccccc1. The number of nitro groups is 1. The van der Waals surface area contributed by atoms with Crippen LogP contribution in [0.1, 0.15) is 35.3 Å². The molecule has 1 atom stereocenters. The average Bonchev–Trinajstić information content (AvgIpc) is 2.81. The molecule has 0 radical (unpaired) electrons. The number of benzene rings is 2. The van der Waals surface area contributed by atoms with Gasteiger partial charge < -0.3 is 15.0 Å². The Morgan fingerprint density at radius 2 is 1.93 bits per heavy atom. The molecule has 9 heteroatoms. The maximum absolute atomic E-state index is 13.3. The van der Waals surface area contributed by atoms with Crippen molar-refractivity contribution in [2.75, 3.05) is 18.5 Å². The van der Waals surface area contributed by atoms with Crippen LogP contribution < -0.4 is 5.32 Å². The number of nitrogens with one attached hydrogen (secondary N) is 1. The highest BCUT2D eigenvalue weighted by Gasteiger charge is 2.37. The summed E-state index contributed by atoms with van der Waals surface area (Å²) in [5.74, 6) is -1.56. The van der Waals surface area contributed by atoms with Crippen molar-refractivity contribution in [2.45, 2.75) is 19.4 Å². The first-order chi connectivity index (χ1) is 13.9. The highest BCUT2D eigenvalue weighted by Crippen LogP contribution is 2.33. The number of rotatable bonds is 6. The molecule has 3 rings (SSSR count). The fraction of sp³-hybridized carbons (Fsp3) is 0.250. The van der Waals surface area contributed by atoms with E-state index >= 15 is 0 Å². The number of carbonyl (C=O) groups excluding carboxylic acids is 3. The Hall–Kier alpha value is -3.75. The monoisotopic (exact) mass is 397 g/mol. The minimum Gasteiger partial charge on any atom is -0.466 e. The summed E-state index contributed by atoms with van der Waals surface area (Å²) >= 11 is 0. The van der Waals surface area contributed by atoms with Gasteiger partial charge in [-0.3, -0.25) is 24.5 Å². The molecule has 150 valence electrons. The van der Waals surface area contributed by atoms with E-state index in [4.69, 9.17) is 4.74 Å². The van der Waals surface area contributed by atoms with Crippen LogP contribution in [0.5, 0.6) is 0 Å². The maximum atomic E-state index is 13.3. The number of nitrogens with zero attached hydrogens (tertiary/aromatic N) is 2. The third-order valence-corrected chi connectivity index (χ3v) is 4.50. The van der Waals surface area contributed by atoms with Crippen LogP contribution in [0.4, 0.5) is 11.4 Å². The van der Waals surface area contributed by atoms with Crippen LogP contribution in [-0.2, 0) is 14.3 Å². The van der Waals surface area contributed by atoms with Crippen molar-refractivity contribution < 1.29 is 24.0 Å². The van der Waals surface area contributed by atoms with Gasteiger partial charge >= 0.3 is 5.97 Å². The zero-order valence-electron chi connectivity index (χ0n) is 15.7. The largest absolute Gasteiger partial charge is 0.466 e. The van der Waals surface area contributed by atoms with E-state index in [1.807, 2.05) is 0 Å². The standard InChI is InChI=1S/C20H19N3O6/c1-2-29-17(24)10-11-22-18(13-6-4-3-5-7-13)19(25)21-16-9-8-14(23(27)28)12-15(16)20(22)26/h3-9,12,18H,2,10-11H2,1H3,(H,21,25). The maximum Gasteiger partial charge on any atom is 0.307 e. The van der Waals surface area contributed by atoms with Crippen molar-refractivity contribution in [1.82, 2.24) is 4.90 Å². The number of nitro benzene ring substituents is 1. The van der Waals surface area contributed by atoms with Gasteiger partial charge in [-0.25, -0.2) is 0 Å². The lowest BCUT2D eigenvalue weighted by Gasteiger charge is -2.28. The van der Waals surface area contributed by atoms with Gasteiger partial charge in [0.25, 0.3) is 17.5 Å². The summed E-state index contributed by atoms with van der Waals surface area (Å²) in [6.07, 6.45) is -0.111. The fourth-order valence-electron chi connectivity index (χ4n) is 3.19. The molecule has 0 aromatic heterocycles. The number of amides is 2. The van der Waals surface area contributed by atoms with Crippen molar-refractivity contribution in [3.05, 3.63) is 69.8 Å². The van der Waals surface area contributed by atoms with Crippen molar-refractivity contribution in [3.63, 3.8) is 0 Å². The minimum absolute atomic E-state index is 0.00478. The lowest BCUT2D eigenvalue weighted by Crippen LogP contribution is -2.40. The lowest BCUT2D eigenvalue weighted by atomic mass is 10.0. The summed E-state index contributed by atoms with van der Waals surface area (Å²) in [5.41, 5.74) is 0.472. The molecule has 0 saturated heterocycles. The highest BCUT2D eigenvalue weighted by atomic mass is 16.6. The molecule has 1 aliphatic heterocycles. The van der Waals surface area contributed by atoms with Gasteiger partial charge in [-0.1, -0.05) is 30.3 Å². The first kappa shape index (κ1) is 20.0. The topological polar surface area (TPSA) is 119 Å². The second-order valence-electron chi connectivity index (χ2n) is 6.34. The number of carbonyl (C=O) groups is 3. The number of fused-ring (bicyclic) bond motifs is 1. The molecule has 1 N–H and O–H groups in total. The summed E-state index contributed by atoms with van der Waals surface area (Å²) in [6.45, 7) is 1.79. The summed E-state index contributed by atoms with van der Waals surface area (Å²) in [7, 11) is 0. The number of non-ortho nitro benzene ring substituents is 1. The van der Waals surface area contributed by atoms with E-state index in [1.165, 1.54) is 17.0 Å². The van der Waals surface area contributed by atoms with Gasteiger partial charge in [0, 0.05) is 18.7 Å². The molecule has 0 spiro atoms. The van der Waals surface area contributed by atoms with Crippen LogP contribution in [0.2, 0.25) is 0 Å². The zero-order chi connectivity index (χ0) is 21.0. The van der Waals surface area contributed by atoms with Gasteiger partial charge in [-0.05, 0) is 18.6 Å². The Labute approximate surface area is 166 Å². The third kappa shape index (κ3) is 4.23. The van der Waals surface area contributed by atoms with Crippen molar-refractivity contribution >= 4 is 29.2 Å². The molecule has 1 aliphatic rings. The molecule has 9 nitrogen and oxygen atoms in total. The summed E-state index contributed by atoms with van der Waals surface area (Å²) < 4.78 is 4.92. The van der Waals surface area contributed by atoms with Gasteiger partial charge in [-0.15, -0.1) is 0 Å². The van der Waals surface area contributed by atoms with Crippen molar-refractivity contribution in [3.8, 4) is 0 Å². The average molecular weight is 397 g/mol. The number of hydrogen-bond acceptors (Lipinski definition) is 6. The highest BCUT2D eigenvalue weighted by molar-refractivity contribution is 6.10. The summed E-state index contributed by atoms with van der Waals surface area (Å²) in [4.78, 5) is 49.8. The van der Waals surface area contributed by atoms with Crippen LogP contribution in [0.3, 0.4) is 0 Å². The Morgan fingerprint density at radius 3 is 2.59 bits per heavy atom. The quantitative estimate of drug-likeness (QED) is 0.455. The molecule has 0 saturated carbocycles. The zero-order valence-corrected chi connectivity index (χ0v) is 15.7. The van der Waals surface area contributed by atoms with Gasteiger partial charge in [-0.2, -0.15) is 0 Å². The van der Waals surface area contributed by atoms with E-state index in [2.05, 4.69) is 5.32 Å². The molecule has 2 aromatic rings. The van der Waals surface area contributed by atoms with Crippen LogP contribution >= 0.6 is 0 Å². The smallest absolute Gasteiger partial charge is 0.307 e. The molecule has 0 aliphatic carbocycles. The van der Waals surface area contributed by atoms with E-state index < -0.39 is 28.7 Å². The van der Waals surface area contributed by atoms with Crippen molar-refractivity contribution in [1.29, 1.82) is 0 Å². The van der Waals surface area contributed by atoms with Crippen LogP contribution in [0, 0.1) is 10.1 Å². The summed E-state index contributed by atoms with van der Waals surface area (Å²) in [5, 5.41) is 13.8. The molecule has 1 unspecified atom stereocenters. The van der Waals surface area contributed by atoms with E-state index in [0.717, 1.165) is 6.07 Å². The van der Waals surface area contributed by atoms with Crippen LogP contribution in [0.15, 0.2) is 48.5 Å². The van der Waals surface area contributed by atoms with Gasteiger partial charge in [0.15, 0.2) is 0 Å². The lowest BCUT2D eigenvalue weighted by molar-refractivity contribution is -0.384. The number of esters is 1. The van der Waals surface area contributed by atoms with E-state index in [0.29, 0.717) is 5.56 Å². The molecule has 2 aromatic carbocycles. The molecule has 29 heavy (non-hydrogen) atoms. The normalized spacial score (nSPS) is 15.9. The first-order valence-corrected chi connectivity index (χ1v) is 9.03.